The molecule has 2 rings (SSSR count). The van der Waals surface area contributed by atoms with Crippen molar-refractivity contribution in [2.75, 3.05) is 19.8 Å². The highest BCUT2D eigenvalue weighted by Crippen LogP contribution is 2.34. The van der Waals surface area contributed by atoms with Gasteiger partial charge in [-0.05, 0) is 58.3 Å². The topological polar surface area (TPSA) is 295 Å². The SMILES string of the molecule is CCCCCCCC(CC(=O)NC(CO)C(=O)NC(CO)CC(C)C)OC(=O)CC(CCCCCCC)OC(=O)CC(CCCCCCC)OC1OC(C)C(O)C(OC2OC(C)C(O)C(OC(C)=O)C2CO)C1O. The van der Waals surface area contributed by atoms with Crippen LogP contribution in [-0.4, -0.2) is 166 Å². The van der Waals surface area contributed by atoms with Crippen molar-refractivity contribution < 1.29 is 87.8 Å². The van der Waals surface area contributed by atoms with Crippen molar-refractivity contribution in [3.8, 4) is 0 Å². The Balaban J connectivity index is 2.30. The fourth-order valence-electron chi connectivity index (χ4n) is 9.45. The minimum Gasteiger partial charge on any atom is -0.462 e. The van der Waals surface area contributed by atoms with E-state index in [-0.39, 0.29) is 31.8 Å². The molecular formula is C54H98N2O18. The quantitative estimate of drug-likeness (QED) is 0.0230. The third-order valence-corrected chi connectivity index (χ3v) is 13.7. The molecule has 2 aliphatic rings. The predicted molar refractivity (Wildman–Crippen MR) is 274 cm³/mol. The molecule has 2 amide bonds. The lowest BCUT2D eigenvalue weighted by molar-refractivity contribution is -0.354. The van der Waals surface area contributed by atoms with E-state index < -0.39 is 135 Å². The summed E-state index contributed by atoms with van der Waals surface area (Å²) in [5.74, 6) is -4.20. The van der Waals surface area contributed by atoms with Crippen LogP contribution in [0.1, 0.15) is 197 Å². The molecule has 15 unspecified atom stereocenters. The molecule has 0 aromatic carbocycles. The van der Waals surface area contributed by atoms with Crippen LogP contribution < -0.4 is 10.6 Å². The Kier molecular flexibility index (Phi) is 34.1. The highest BCUT2D eigenvalue weighted by molar-refractivity contribution is 5.88. The molecule has 15 atom stereocenters. The minimum absolute atomic E-state index is 0.176. The lowest BCUT2D eigenvalue weighted by atomic mass is 9.91. The fourth-order valence-corrected chi connectivity index (χ4v) is 9.45. The highest BCUT2D eigenvalue weighted by Gasteiger charge is 2.51. The summed E-state index contributed by atoms with van der Waals surface area (Å²) in [6.45, 7) is 12.8. The maximum Gasteiger partial charge on any atom is 0.309 e. The zero-order chi connectivity index (χ0) is 55.2. The average molecular weight is 1060 g/mol. The largest absolute Gasteiger partial charge is 0.462 e. The normalized spacial score (nSPS) is 26.1. The molecule has 0 radical (unpaired) electrons. The standard InChI is InChI=1S/C54H98N2O18/c1-9-12-15-18-21-24-39(28-44(61)56-43(33-59)52(67)55-38(31-57)27-34(4)5)71-45(62)29-40(25-22-19-16-13-10-2)72-46(63)30-41(26-23-20-17-14-11-3)73-54-49(66)51(48(65)36(7)69-54)74-53-42(32-58)50(70-37(8)60)47(64)35(6)68-53/h34-36,38-43,47-51,53-54,57-59,64-66H,9-33H2,1-8H3,(H,55,67)(H,56,61). The van der Waals surface area contributed by atoms with Crippen LogP contribution >= 0.6 is 0 Å². The molecule has 0 spiro atoms. The molecule has 2 fully saturated rings. The Morgan fingerprint density at radius 3 is 1.53 bits per heavy atom. The number of rotatable bonds is 39. The van der Waals surface area contributed by atoms with Gasteiger partial charge in [0.25, 0.3) is 0 Å². The number of aliphatic hydroxyl groups is 6. The molecule has 0 aromatic rings. The van der Waals surface area contributed by atoms with E-state index in [0.29, 0.717) is 44.9 Å². The van der Waals surface area contributed by atoms with Crippen LogP contribution in [0.15, 0.2) is 0 Å². The van der Waals surface area contributed by atoms with E-state index in [2.05, 4.69) is 31.4 Å². The van der Waals surface area contributed by atoms with E-state index in [9.17, 15) is 54.6 Å². The van der Waals surface area contributed by atoms with E-state index in [1.807, 2.05) is 13.8 Å². The van der Waals surface area contributed by atoms with E-state index in [1.54, 1.807) is 6.92 Å². The zero-order valence-electron chi connectivity index (χ0n) is 46.0. The molecule has 2 heterocycles. The first-order valence-corrected chi connectivity index (χ1v) is 28.0. The first-order valence-electron chi connectivity index (χ1n) is 28.0. The van der Waals surface area contributed by atoms with Gasteiger partial charge < -0.3 is 74.4 Å². The second kappa shape index (κ2) is 37.7. The third-order valence-electron chi connectivity index (χ3n) is 13.7. The first kappa shape index (κ1) is 67.1. The molecule has 20 heteroatoms. The predicted octanol–water partition coefficient (Wildman–Crippen LogP) is 4.95. The summed E-state index contributed by atoms with van der Waals surface area (Å²) in [6, 6.07) is -1.85. The molecule has 74 heavy (non-hydrogen) atoms. The van der Waals surface area contributed by atoms with Gasteiger partial charge in [-0.3, -0.25) is 24.0 Å². The second-order valence-electron chi connectivity index (χ2n) is 20.9. The Morgan fingerprint density at radius 2 is 1.05 bits per heavy atom. The van der Waals surface area contributed by atoms with Crippen LogP contribution in [0.25, 0.3) is 0 Å². The van der Waals surface area contributed by atoms with E-state index in [1.165, 1.54) is 6.92 Å². The van der Waals surface area contributed by atoms with Crippen molar-refractivity contribution >= 4 is 29.7 Å². The summed E-state index contributed by atoms with van der Waals surface area (Å²) in [5.41, 5.74) is 0. The van der Waals surface area contributed by atoms with Crippen LogP contribution in [0.4, 0.5) is 0 Å². The summed E-state index contributed by atoms with van der Waals surface area (Å²) in [6.07, 6.45) is 0.0293. The average Bonchev–Trinajstić information content (AvgIpc) is 3.34. The van der Waals surface area contributed by atoms with Crippen LogP contribution in [-0.2, 0) is 57.1 Å². The van der Waals surface area contributed by atoms with Gasteiger partial charge in [-0.2, -0.15) is 0 Å². The summed E-state index contributed by atoms with van der Waals surface area (Å²) < 4.78 is 41.7. The van der Waals surface area contributed by atoms with Gasteiger partial charge in [-0.1, -0.05) is 118 Å². The monoisotopic (exact) mass is 1060 g/mol. The summed E-state index contributed by atoms with van der Waals surface area (Å²) in [7, 11) is 0. The van der Waals surface area contributed by atoms with Crippen molar-refractivity contribution in [2.45, 2.75) is 282 Å². The van der Waals surface area contributed by atoms with Gasteiger partial charge in [0.15, 0.2) is 12.6 Å². The smallest absolute Gasteiger partial charge is 0.309 e. The summed E-state index contributed by atoms with van der Waals surface area (Å²) >= 11 is 0. The maximum atomic E-state index is 14.0. The zero-order valence-corrected chi connectivity index (χ0v) is 46.0. The molecule has 0 aliphatic carbocycles. The number of amides is 2. The van der Waals surface area contributed by atoms with Gasteiger partial charge in [0, 0.05) is 6.92 Å². The number of hydrogen-bond acceptors (Lipinski definition) is 18. The van der Waals surface area contributed by atoms with Gasteiger partial charge in [-0.15, -0.1) is 0 Å². The van der Waals surface area contributed by atoms with Crippen LogP contribution in [0, 0.1) is 11.8 Å². The molecule has 0 bridgehead atoms. The highest BCUT2D eigenvalue weighted by atomic mass is 16.7. The van der Waals surface area contributed by atoms with Gasteiger partial charge in [0.05, 0.1) is 69.4 Å². The Morgan fingerprint density at radius 1 is 0.581 bits per heavy atom. The van der Waals surface area contributed by atoms with Gasteiger partial charge in [0.1, 0.15) is 48.8 Å². The van der Waals surface area contributed by atoms with Crippen molar-refractivity contribution in [2.24, 2.45) is 11.8 Å². The Labute approximate surface area is 441 Å². The lowest BCUT2D eigenvalue weighted by Gasteiger charge is -2.47. The number of hydrogen-bond donors (Lipinski definition) is 8. The summed E-state index contributed by atoms with van der Waals surface area (Å²) in [5, 5.41) is 69.1. The van der Waals surface area contributed by atoms with Gasteiger partial charge in [0.2, 0.25) is 11.8 Å². The third kappa shape index (κ3) is 25.4. The van der Waals surface area contributed by atoms with Gasteiger partial charge in [-0.25, -0.2) is 0 Å². The number of carbonyl (C=O) groups excluding carboxylic acids is 5. The van der Waals surface area contributed by atoms with E-state index in [0.717, 1.165) is 84.0 Å². The molecule has 0 saturated carbocycles. The lowest BCUT2D eigenvalue weighted by Crippen LogP contribution is -2.63. The van der Waals surface area contributed by atoms with Crippen LogP contribution in [0.5, 0.6) is 0 Å². The van der Waals surface area contributed by atoms with Crippen LogP contribution in [0.2, 0.25) is 0 Å². The Bertz CT molecular complexity index is 1570. The first-order chi connectivity index (χ1) is 35.3. The van der Waals surface area contributed by atoms with Crippen molar-refractivity contribution in [3.63, 3.8) is 0 Å². The second-order valence-corrected chi connectivity index (χ2v) is 20.9. The molecule has 0 aromatic heterocycles. The van der Waals surface area contributed by atoms with Crippen molar-refractivity contribution in [1.29, 1.82) is 0 Å². The molecular weight excluding hydrogens is 965 g/mol. The summed E-state index contributed by atoms with van der Waals surface area (Å²) in [4.78, 5) is 66.1. The van der Waals surface area contributed by atoms with Crippen molar-refractivity contribution in [1.82, 2.24) is 10.6 Å². The van der Waals surface area contributed by atoms with Gasteiger partial charge >= 0.3 is 17.9 Å². The number of nitrogens with one attached hydrogen (secondary N) is 2. The molecule has 2 saturated heterocycles. The molecule has 432 valence electrons. The van der Waals surface area contributed by atoms with Crippen molar-refractivity contribution in [3.05, 3.63) is 0 Å². The maximum absolute atomic E-state index is 14.0. The number of carbonyl (C=O) groups is 5. The van der Waals surface area contributed by atoms with Crippen LogP contribution in [0.3, 0.4) is 0 Å². The number of esters is 3. The fraction of sp³-hybridized carbons (Fsp3) is 0.907. The molecule has 8 N–H and O–H groups in total. The van der Waals surface area contributed by atoms with E-state index >= 15 is 0 Å². The van der Waals surface area contributed by atoms with E-state index in [4.69, 9.17) is 33.2 Å². The number of aliphatic hydroxyl groups excluding tert-OH is 6. The Hall–Kier alpha value is -3.05. The number of unbranched alkanes of at least 4 members (excludes halogenated alkanes) is 12. The molecule has 2 aliphatic heterocycles. The minimum atomic E-state index is -1.65. The molecule has 20 nitrogen and oxygen atoms in total. The number of ether oxygens (including phenoxy) is 7.